The predicted octanol–water partition coefficient (Wildman–Crippen LogP) is -0.431. The topological polar surface area (TPSA) is 65.9 Å². The van der Waals surface area contributed by atoms with Gasteiger partial charge < -0.3 is 20.5 Å². The van der Waals surface area contributed by atoms with E-state index in [0.29, 0.717) is 25.7 Å². The zero-order valence-electron chi connectivity index (χ0n) is 9.49. The molecule has 0 unspecified atom stereocenters. The van der Waals surface area contributed by atoms with Gasteiger partial charge in [-0.1, -0.05) is 13.8 Å². The van der Waals surface area contributed by atoms with Gasteiger partial charge in [0.15, 0.2) is 5.96 Å². The van der Waals surface area contributed by atoms with Crippen LogP contribution < -0.4 is 10.6 Å². The van der Waals surface area contributed by atoms with Crippen LogP contribution in [-0.2, 0) is 4.74 Å². The Kier molecular flexibility index (Phi) is 5.42. The molecule has 1 rings (SSSR count). The Bertz CT molecular complexity index is 207. The predicted molar refractivity (Wildman–Crippen MR) is 60.0 cm³/mol. The van der Waals surface area contributed by atoms with Crippen LogP contribution in [0.25, 0.3) is 0 Å². The summed E-state index contributed by atoms with van der Waals surface area (Å²) < 4.78 is 5.32. The maximum Gasteiger partial charge on any atom is 0.191 e. The van der Waals surface area contributed by atoms with E-state index in [0.717, 1.165) is 19.0 Å². The second-order valence-electron chi connectivity index (χ2n) is 4.12. The molecule has 0 bridgehead atoms. The Morgan fingerprint density at radius 2 is 2.33 bits per heavy atom. The van der Waals surface area contributed by atoms with Crippen molar-refractivity contribution in [1.29, 1.82) is 0 Å². The standard InChI is InChI=1S/C10H21N3O2/c1-8(2)6-15-7-9(14)5-13-10-11-3-4-12-10/h8-9,14H,3-7H2,1-2H3,(H2,11,12,13)/t9-/m0/s1. The third-order valence-electron chi connectivity index (χ3n) is 1.94. The molecule has 5 nitrogen and oxygen atoms in total. The molecule has 1 heterocycles. The normalized spacial score (nSPS) is 17.5. The van der Waals surface area contributed by atoms with Gasteiger partial charge in [-0.15, -0.1) is 0 Å². The van der Waals surface area contributed by atoms with Crippen LogP contribution in [0.2, 0.25) is 0 Å². The monoisotopic (exact) mass is 215 g/mol. The van der Waals surface area contributed by atoms with Crippen molar-refractivity contribution in [2.75, 3.05) is 32.8 Å². The summed E-state index contributed by atoms with van der Waals surface area (Å²) in [5.74, 6) is 1.28. The van der Waals surface area contributed by atoms with Crippen LogP contribution in [0.5, 0.6) is 0 Å². The van der Waals surface area contributed by atoms with Gasteiger partial charge in [-0.3, -0.25) is 4.99 Å². The molecule has 0 saturated carbocycles. The molecule has 0 aromatic heterocycles. The Hall–Kier alpha value is -0.810. The van der Waals surface area contributed by atoms with Crippen molar-refractivity contribution < 1.29 is 9.84 Å². The van der Waals surface area contributed by atoms with Crippen LogP contribution in [0.3, 0.4) is 0 Å². The molecular formula is C10H21N3O2. The zero-order valence-corrected chi connectivity index (χ0v) is 9.49. The Balaban J connectivity index is 2.00. The minimum absolute atomic E-state index is 0.373. The van der Waals surface area contributed by atoms with E-state index in [1.54, 1.807) is 0 Å². The number of nitrogens with zero attached hydrogens (tertiary/aromatic N) is 1. The number of aliphatic hydroxyl groups excluding tert-OH is 1. The lowest BCUT2D eigenvalue weighted by molar-refractivity contribution is 0.0280. The third kappa shape index (κ3) is 5.59. The molecule has 0 fully saturated rings. The maximum atomic E-state index is 9.55. The van der Waals surface area contributed by atoms with Gasteiger partial charge in [-0.05, 0) is 5.92 Å². The van der Waals surface area contributed by atoms with E-state index in [2.05, 4.69) is 29.5 Å². The molecule has 0 aromatic rings. The van der Waals surface area contributed by atoms with E-state index in [9.17, 15) is 5.11 Å². The second kappa shape index (κ2) is 6.63. The van der Waals surface area contributed by atoms with Gasteiger partial charge in [0.2, 0.25) is 0 Å². The number of aliphatic hydroxyl groups is 1. The molecule has 88 valence electrons. The molecule has 0 spiro atoms. The van der Waals surface area contributed by atoms with E-state index in [1.807, 2.05) is 0 Å². The highest BCUT2D eigenvalue weighted by Gasteiger charge is 2.08. The number of guanidine groups is 1. The van der Waals surface area contributed by atoms with Crippen LogP contribution in [0.1, 0.15) is 13.8 Å². The molecule has 5 heteroatoms. The summed E-state index contributed by atoms with van der Waals surface area (Å²) in [6.07, 6.45) is -0.478. The van der Waals surface area contributed by atoms with Crippen molar-refractivity contribution in [3.05, 3.63) is 0 Å². The van der Waals surface area contributed by atoms with Gasteiger partial charge in [0, 0.05) is 19.7 Å². The molecule has 1 aliphatic rings. The van der Waals surface area contributed by atoms with Crippen molar-refractivity contribution in [3.63, 3.8) is 0 Å². The molecule has 1 aliphatic heterocycles. The van der Waals surface area contributed by atoms with Gasteiger partial charge in [0.1, 0.15) is 0 Å². The first-order chi connectivity index (χ1) is 7.18. The van der Waals surface area contributed by atoms with Gasteiger partial charge in [0.25, 0.3) is 0 Å². The van der Waals surface area contributed by atoms with Crippen molar-refractivity contribution in [2.45, 2.75) is 20.0 Å². The number of hydrogen-bond donors (Lipinski definition) is 3. The number of ether oxygens (including phenoxy) is 1. The van der Waals surface area contributed by atoms with E-state index in [-0.39, 0.29) is 0 Å². The lowest BCUT2D eigenvalue weighted by atomic mass is 10.2. The molecule has 15 heavy (non-hydrogen) atoms. The number of nitrogens with one attached hydrogen (secondary N) is 2. The Labute approximate surface area is 90.9 Å². The summed E-state index contributed by atoms with van der Waals surface area (Å²) in [6.45, 7) is 7.40. The molecule has 3 N–H and O–H groups in total. The minimum Gasteiger partial charge on any atom is -0.389 e. The summed E-state index contributed by atoms with van der Waals surface area (Å²) in [6, 6.07) is 0. The van der Waals surface area contributed by atoms with Crippen LogP contribution in [0.15, 0.2) is 4.99 Å². The van der Waals surface area contributed by atoms with Crippen LogP contribution >= 0.6 is 0 Å². The van der Waals surface area contributed by atoms with Crippen LogP contribution in [0, 0.1) is 5.92 Å². The lowest BCUT2D eigenvalue weighted by Gasteiger charge is -2.14. The Morgan fingerprint density at radius 3 is 2.93 bits per heavy atom. The molecule has 0 saturated heterocycles. The highest BCUT2D eigenvalue weighted by Crippen LogP contribution is 1.93. The summed E-state index contributed by atoms with van der Waals surface area (Å²) in [5, 5.41) is 15.7. The minimum atomic E-state index is -0.478. The van der Waals surface area contributed by atoms with Gasteiger partial charge >= 0.3 is 0 Å². The largest absolute Gasteiger partial charge is 0.389 e. The quantitative estimate of drug-likeness (QED) is 0.562. The fraction of sp³-hybridized carbons (Fsp3) is 0.900. The van der Waals surface area contributed by atoms with Gasteiger partial charge in [0.05, 0.1) is 19.3 Å². The third-order valence-corrected chi connectivity index (χ3v) is 1.94. The van der Waals surface area contributed by atoms with Crippen molar-refractivity contribution in [2.24, 2.45) is 10.9 Å². The average molecular weight is 215 g/mol. The first-order valence-corrected chi connectivity index (χ1v) is 5.46. The van der Waals surface area contributed by atoms with Crippen LogP contribution in [0.4, 0.5) is 0 Å². The molecule has 0 radical (unpaired) electrons. The number of aliphatic imine (C=N–C) groups is 1. The number of rotatable bonds is 6. The van der Waals surface area contributed by atoms with Crippen molar-refractivity contribution in [1.82, 2.24) is 10.6 Å². The Morgan fingerprint density at radius 1 is 1.53 bits per heavy atom. The molecule has 0 amide bonds. The molecule has 0 aromatic carbocycles. The molecule has 1 atom stereocenters. The fourth-order valence-electron chi connectivity index (χ4n) is 1.23. The second-order valence-corrected chi connectivity index (χ2v) is 4.12. The highest BCUT2D eigenvalue weighted by molar-refractivity contribution is 5.81. The zero-order chi connectivity index (χ0) is 11.1. The molecular weight excluding hydrogens is 194 g/mol. The van der Waals surface area contributed by atoms with E-state index < -0.39 is 6.10 Å². The van der Waals surface area contributed by atoms with Crippen LogP contribution in [-0.4, -0.2) is 50.0 Å². The van der Waals surface area contributed by atoms with E-state index in [4.69, 9.17) is 4.74 Å². The fourth-order valence-corrected chi connectivity index (χ4v) is 1.23. The summed E-state index contributed by atoms with van der Waals surface area (Å²) in [4.78, 5) is 4.16. The molecule has 0 aliphatic carbocycles. The highest BCUT2D eigenvalue weighted by atomic mass is 16.5. The van der Waals surface area contributed by atoms with Gasteiger partial charge in [-0.2, -0.15) is 0 Å². The maximum absolute atomic E-state index is 9.55. The van der Waals surface area contributed by atoms with Crippen molar-refractivity contribution >= 4 is 5.96 Å². The SMILES string of the molecule is CC(C)COC[C@@H](O)CNC1=NCCN1. The smallest absolute Gasteiger partial charge is 0.191 e. The van der Waals surface area contributed by atoms with Crippen molar-refractivity contribution in [3.8, 4) is 0 Å². The summed E-state index contributed by atoms with van der Waals surface area (Å²) in [5.41, 5.74) is 0. The first kappa shape index (κ1) is 12.3. The van der Waals surface area contributed by atoms with Gasteiger partial charge in [-0.25, -0.2) is 0 Å². The summed E-state index contributed by atoms with van der Waals surface area (Å²) >= 11 is 0. The van der Waals surface area contributed by atoms with E-state index in [1.165, 1.54) is 0 Å². The first-order valence-electron chi connectivity index (χ1n) is 5.46. The number of hydrogen-bond acceptors (Lipinski definition) is 5. The lowest BCUT2D eigenvalue weighted by Crippen LogP contribution is -2.40. The average Bonchev–Trinajstić information content (AvgIpc) is 2.66. The summed E-state index contributed by atoms with van der Waals surface area (Å²) in [7, 11) is 0. The van der Waals surface area contributed by atoms with E-state index >= 15 is 0 Å².